The maximum atomic E-state index is 12.2. The molecule has 0 aliphatic carbocycles. The zero-order valence-electron chi connectivity index (χ0n) is 11.5. The highest BCUT2D eigenvalue weighted by molar-refractivity contribution is 9.10. The first-order valence-corrected chi connectivity index (χ1v) is 8.35. The average Bonchev–Trinajstić information content (AvgIpc) is 2.43. The Morgan fingerprint density at radius 2 is 1.82 bits per heavy atom. The van der Waals surface area contributed by atoms with Gasteiger partial charge in [0.1, 0.15) is 10.6 Å². The topological polar surface area (TPSA) is 98.5 Å². The van der Waals surface area contributed by atoms with Crippen molar-refractivity contribution in [3.05, 3.63) is 46.9 Å². The van der Waals surface area contributed by atoms with Crippen LogP contribution >= 0.6 is 15.9 Å². The van der Waals surface area contributed by atoms with Gasteiger partial charge in [-0.25, -0.2) is 0 Å². The molecule has 1 amide bonds. The number of carbonyl (C=O) groups is 1. The van der Waals surface area contributed by atoms with Crippen molar-refractivity contribution in [2.75, 3.05) is 11.1 Å². The van der Waals surface area contributed by atoms with Crippen LogP contribution in [-0.2, 0) is 14.9 Å². The smallest absolute Gasteiger partial charge is 0.339 e. The van der Waals surface area contributed by atoms with Crippen LogP contribution in [-0.4, -0.2) is 14.3 Å². The van der Waals surface area contributed by atoms with E-state index in [0.717, 1.165) is 4.47 Å². The molecule has 0 saturated carbocycles. The average molecular weight is 385 g/mol. The van der Waals surface area contributed by atoms with Crippen LogP contribution < -0.4 is 15.2 Å². The molecule has 0 radical (unpaired) electrons. The fourth-order valence-corrected chi connectivity index (χ4v) is 2.90. The van der Waals surface area contributed by atoms with Crippen molar-refractivity contribution in [1.82, 2.24) is 0 Å². The molecule has 0 aliphatic heterocycles. The van der Waals surface area contributed by atoms with Gasteiger partial charge in [0.05, 0.1) is 11.4 Å². The highest BCUT2D eigenvalue weighted by Gasteiger charge is 2.18. The summed E-state index contributed by atoms with van der Waals surface area (Å²) < 4.78 is 30.2. The minimum Gasteiger partial charge on any atom is -0.397 e. The molecule has 22 heavy (non-hydrogen) atoms. The Morgan fingerprint density at radius 3 is 2.36 bits per heavy atom. The van der Waals surface area contributed by atoms with E-state index in [1.807, 2.05) is 0 Å². The van der Waals surface area contributed by atoms with E-state index in [1.54, 1.807) is 12.1 Å². The monoisotopic (exact) mass is 384 g/mol. The molecular formula is C14H13BrN2O4S. The molecule has 0 atom stereocenters. The molecule has 0 aromatic heterocycles. The van der Waals surface area contributed by atoms with Gasteiger partial charge in [-0.15, -0.1) is 0 Å². The predicted molar refractivity (Wildman–Crippen MR) is 87.1 cm³/mol. The Kier molecular flexibility index (Phi) is 4.72. The number of carbonyl (C=O) groups excluding carboxylic acids is 1. The molecule has 0 fully saturated rings. The van der Waals surface area contributed by atoms with E-state index in [9.17, 15) is 13.2 Å². The van der Waals surface area contributed by atoms with Crippen LogP contribution in [0.2, 0.25) is 0 Å². The van der Waals surface area contributed by atoms with Crippen molar-refractivity contribution in [3.63, 3.8) is 0 Å². The number of nitrogens with one attached hydrogen (secondary N) is 1. The molecule has 0 unspecified atom stereocenters. The van der Waals surface area contributed by atoms with E-state index in [-0.39, 0.29) is 22.2 Å². The summed E-state index contributed by atoms with van der Waals surface area (Å²) in [6.45, 7) is 1.33. The van der Waals surface area contributed by atoms with Crippen molar-refractivity contribution in [1.29, 1.82) is 0 Å². The number of amides is 1. The van der Waals surface area contributed by atoms with Crippen LogP contribution in [0.5, 0.6) is 5.75 Å². The third-order valence-electron chi connectivity index (χ3n) is 2.64. The highest BCUT2D eigenvalue weighted by Crippen LogP contribution is 2.25. The van der Waals surface area contributed by atoms with Gasteiger partial charge in [-0.1, -0.05) is 15.9 Å². The van der Waals surface area contributed by atoms with Crippen LogP contribution in [0.25, 0.3) is 0 Å². The SMILES string of the molecule is CC(=O)Nc1ccc(S(=O)(=O)Oc2ccc(Br)cc2)cc1N. The number of nitrogen functional groups attached to an aromatic ring is 1. The van der Waals surface area contributed by atoms with Gasteiger partial charge >= 0.3 is 10.1 Å². The van der Waals surface area contributed by atoms with Gasteiger partial charge in [0.25, 0.3) is 0 Å². The number of halogens is 1. The summed E-state index contributed by atoms with van der Waals surface area (Å²) in [6, 6.07) is 10.3. The molecule has 2 aromatic rings. The quantitative estimate of drug-likeness (QED) is 0.623. The van der Waals surface area contributed by atoms with Gasteiger partial charge in [0.2, 0.25) is 5.91 Å². The summed E-state index contributed by atoms with van der Waals surface area (Å²) in [5.41, 5.74) is 6.22. The molecule has 116 valence electrons. The summed E-state index contributed by atoms with van der Waals surface area (Å²) in [5, 5.41) is 2.50. The molecular weight excluding hydrogens is 372 g/mol. The number of rotatable bonds is 4. The first-order chi connectivity index (χ1) is 10.3. The number of hydrogen-bond donors (Lipinski definition) is 2. The summed E-state index contributed by atoms with van der Waals surface area (Å²) in [5.74, 6) is -0.110. The molecule has 0 saturated heterocycles. The lowest BCUT2D eigenvalue weighted by atomic mass is 10.2. The first kappa shape index (κ1) is 16.3. The molecule has 3 N–H and O–H groups in total. The standard InChI is InChI=1S/C14H13BrN2O4S/c1-9(18)17-14-7-6-12(8-13(14)16)22(19,20)21-11-4-2-10(15)3-5-11/h2-8H,16H2,1H3,(H,17,18). The molecule has 8 heteroatoms. The van der Waals surface area contributed by atoms with Crippen LogP contribution in [0.4, 0.5) is 11.4 Å². The van der Waals surface area contributed by atoms with Crippen molar-refractivity contribution in [3.8, 4) is 5.75 Å². The second-order valence-corrected chi connectivity index (χ2v) is 6.88. The van der Waals surface area contributed by atoms with Crippen LogP contribution in [0.1, 0.15) is 6.92 Å². The Morgan fingerprint density at radius 1 is 1.18 bits per heavy atom. The van der Waals surface area contributed by atoms with Crippen molar-refractivity contribution in [2.24, 2.45) is 0 Å². The summed E-state index contributed by atoms with van der Waals surface area (Å²) in [6.07, 6.45) is 0. The Labute approximate surface area is 136 Å². The minimum absolute atomic E-state index is 0.0954. The Bertz CT molecular complexity index is 804. The molecule has 2 aromatic carbocycles. The maximum absolute atomic E-state index is 12.2. The van der Waals surface area contributed by atoms with Gasteiger partial charge < -0.3 is 15.2 Å². The third-order valence-corrected chi connectivity index (χ3v) is 4.41. The summed E-state index contributed by atoms with van der Waals surface area (Å²) in [7, 11) is -4.00. The lowest BCUT2D eigenvalue weighted by Crippen LogP contribution is -2.12. The Hall–Kier alpha value is -2.06. The number of benzene rings is 2. The second-order valence-electron chi connectivity index (χ2n) is 4.42. The summed E-state index contributed by atoms with van der Waals surface area (Å²) in [4.78, 5) is 10.9. The number of hydrogen-bond acceptors (Lipinski definition) is 5. The van der Waals surface area contributed by atoms with Crippen LogP contribution in [0.3, 0.4) is 0 Å². The molecule has 0 aliphatic rings. The van der Waals surface area contributed by atoms with E-state index in [2.05, 4.69) is 21.2 Å². The predicted octanol–water partition coefficient (Wildman–Crippen LogP) is 2.76. The van der Waals surface area contributed by atoms with E-state index < -0.39 is 10.1 Å². The first-order valence-electron chi connectivity index (χ1n) is 6.15. The van der Waals surface area contributed by atoms with Crippen LogP contribution in [0.15, 0.2) is 51.8 Å². The van der Waals surface area contributed by atoms with Crippen molar-refractivity contribution < 1.29 is 17.4 Å². The molecule has 0 bridgehead atoms. The number of nitrogens with two attached hydrogens (primary N) is 1. The molecule has 2 rings (SSSR count). The molecule has 6 nitrogen and oxygen atoms in total. The maximum Gasteiger partial charge on any atom is 0.339 e. The van der Waals surface area contributed by atoms with Gasteiger partial charge in [-0.2, -0.15) is 8.42 Å². The van der Waals surface area contributed by atoms with E-state index >= 15 is 0 Å². The molecule has 0 spiro atoms. The highest BCUT2D eigenvalue weighted by atomic mass is 79.9. The molecule has 0 heterocycles. The third kappa shape index (κ3) is 3.99. The zero-order chi connectivity index (χ0) is 16.3. The zero-order valence-corrected chi connectivity index (χ0v) is 13.9. The van der Waals surface area contributed by atoms with Crippen molar-refractivity contribution >= 4 is 43.3 Å². The Balaban J connectivity index is 2.27. The van der Waals surface area contributed by atoms with Crippen LogP contribution in [0, 0.1) is 0 Å². The summed E-state index contributed by atoms with van der Waals surface area (Å²) >= 11 is 3.25. The fourth-order valence-electron chi connectivity index (χ4n) is 1.66. The van der Waals surface area contributed by atoms with E-state index in [4.69, 9.17) is 9.92 Å². The van der Waals surface area contributed by atoms with Gasteiger partial charge in [0, 0.05) is 11.4 Å². The minimum atomic E-state index is -4.00. The normalized spacial score (nSPS) is 11.0. The lowest BCUT2D eigenvalue weighted by Gasteiger charge is -2.10. The van der Waals surface area contributed by atoms with Gasteiger partial charge in [-0.05, 0) is 42.5 Å². The second kappa shape index (κ2) is 6.37. The van der Waals surface area contributed by atoms with Crippen molar-refractivity contribution in [2.45, 2.75) is 11.8 Å². The lowest BCUT2D eigenvalue weighted by molar-refractivity contribution is -0.114. The largest absolute Gasteiger partial charge is 0.397 e. The van der Waals surface area contributed by atoms with E-state index in [0.29, 0.717) is 5.69 Å². The van der Waals surface area contributed by atoms with Gasteiger partial charge in [0.15, 0.2) is 0 Å². The van der Waals surface area contributed by atoms with Gasteiger partial charge in [-0.3, -0.25) is 4.79 Å². The fraction of sp³-hybridized carbons (Fsp3) is 0.0714. The van der Waals surface area contributed by atoms with E-state index in [1.165, 1.54) is 37.3 Å². The number of anilines is 2.